The molecule has 1 fully saturated rings. The van der Waals surface area contributed by atoms with Crippen molar-refractivity contribution in [2.75, 3.05) is 13.1 Å². The zero-order chi connectivity index (χ0) is 14.0. The van der Waals surface area contributed by atoms with E-state index in [4.69, 9.17) is 11.6 Å². The van der Waals surface area contributed by atoms with Gasteiger partial charge in [-0.25, -0.2) is 0 Å². The van der Waals surface area contributed by atoms with Gasteiger partial charge in [0.1, 0.15) is 5.60 Å². The molecule has 1 aliphatic heterocycles. The van der Waals surface area contributed by atoms with Gasteiger partial charge in [-0.2, -0.15) is 5.10 Å². The highest BCUT2D eigenvalue weighted by atomic mass is 35.5. The van der Waals surface area contributed by atoms with Crippen LogP contribution in [0.15, 0.2) is 6.20 Å². The Kier molecular flexibility index (Phi) is 4.54. The minimum atomic E-state index is -0.825. The predicted molar refractivity (Wildman–Crippen MR) is 77.4 cm³/mol. The second-order valence-electron chi connectivity index (χ2n) is 5.73. The number of rotatable bonds is 4. The Morgan fingerprint density at radius 3 is 2.58 bits per heavy atom. The zero-order valence-electron chi connectivity index (χ0n) is 12.1. The van der Waals surface area contributed by atoms with Gasteiger partial charge in [0, 0.05) is 25.7 Å². The lowest BCUT2D eigenvalue weighted by atomic mass is 9.87. The number of aliphatic hydroxyl groups is 1. The number of piperidine rings is 1. The maximum atomic E-state index is 10.9. The number of aromatic nitrogens is 2. The van der Waals surface area contributed by atoms with Crippen molar-refractivity contribution in [3.8, 4) is 0 Å². The van der Waals surface area contributed by atoms with Crippen molar-refractivity contribution in [3.63, 3.8) is 0 Å². The van der Waals surface area contributed by atoms with Gasteiger partial charge in [-0.15, -0.1) is 0 Å². The summed E-state index contributed by atoms with van der Waals surface area (Å²) in [6, 6.07) is 0.528. The van der Waals surface area contributed by atoms with E-state index in [9.17, 15) is 5.11 Å². The van der Waals surface area contributed by atoms with E-state index in [0.717, 1.165) is 44.6 Å². The first kappa shape index (κ1) is 14.8. The summed E-state index contributed by atoms with van der Waals surface area (Å²) in [7, 11) is 0. The fourth-order valence-corrected chi connectivity index (χ4v) is 3.17. The third-order valence-electron chi connectivity index (χ3n) is 4.03. The van der Waals surface area contributed by atoms with Crippen molar-refractivity contribution in [1.82, 2.24) is 14.7 Å². The Morgan fingerprint density at radius 1 is 1.42 bits per heavy atom. The van der Waals surface area contributed by atoms with Gasteiger partial charge in [0.2, 0.25) is 0 Å². The summed E-state index contributed by atoms with van der Waals surface area (Å²) >= 11 is 6.25. The molecule has 1 saturated heterocycles. The predicted octanol–water partition coefficient (Wildman–Crippen LogP) is 2.64. The molecule has 1 N–H and O–H groups in total. The molecule has 5 heteroatoms. The molecule has 0 saturated carbocycles. The lowest BCUT2D eigenvalue weighted by Gasteiger charge is -2.40. The number of aryl methyl sites for hydroxylation is 1. The summed E-state index contributed by atoms with van der Waals surface area (Å²) in [5.74, 6) is 0. The molecule has 1 aromatic heterocycles. The second-order valence-corrected chi connectivity index (χ2v) is 6.13. The fourth-order valence-electron chi connectivity index (χ4n) is 2.85. The van der Waals surface area contributed by atoms with Crippen LogP contribution in [0, 0.1) is 0 Å². The van der Waals surface area contributed by atoms with Crippen LogP contribution in [0.25, 0.3) is 0 Å². The molecule has 0 aromatic carbocycles. The molecule has 19 heavy (non-hydrogen) atoms. The van der Waals surface area contributed by atoms with Gasteiger partial charge in [-0.05, 0) is 33.1 Å². The molecule has 0 spiro atoms. The van der Waals surface area contributed by atoms with Gasteiger partial charge in [-0.3, -0.25) is 4.68 Å². The molecular weight excluding hydrogens is 262 g/mol. The number of nitrogens with zero attached hydrogens (tertiary/aromatic N) is 3. The molecular formula is C14H24ClN3O. The molecule has 108 valence electrons. The van der Waals surface area contributed by atoms with E-state index in [1.807, 2.05) is 4.68 Å². The molecule has 0 amide bonds. The van der Waals surface area contributed by atoms with E-state index in [1.165, 1.54) is 0 Å². The molecule has 0 aliphatic carbocycles. The summed E-state index contributed by atoms with van der Waals surface area (Å²) in [4.78, 5) is 2.39. The van der Waals surface area contributed by atoms with Crippen LogP contribution < -0.4 is 0 Å². The Hall–Kier alpha value is -0.580. The maximum absolute atomic E-state index is 10.9. The third-order valence-corrected chi connectivity index (χ3v) is 4.30. The van der Waals surface area contributed by atoms with Crippen LogP contribution in [0.3, 0.4) is 0 Å². The SMILES string of the molecule is CCCn1ncc(Cl)c1C1(O)CCN(C(C)C)CC1. The fraction of sp³-hybridized carbons (Fsp3) is 0.786. The third kappa shape index (κ3) is 2.96. The minimum Gasteiger partial charge on any atom is -0.383 e. The van der Waals surface area contributed by atoms with Crippen LogP contribution in [0.2, 0.25) is 5.02 Å². The first-order valence-electron chi connectivity index (χ1n) is 7.16. The van der Waals surface area contributed by atoms with Crippen LogP contribution in [0.4, 0.5) is 0 Å². The zero-order valence-corrected chi connectivity index (χ0v) is 12.8. The van der Waals surface area contributed by atoms with Gasteiger partial charge in [0.25, 0.3) is 0 Å². The second kappa shape index (κ2) is 5.81. The first-order chi connectivity index (χ1) is 8.98. The number of halogens is 1. The molecule has 0 unspecified atom stereocenters. The summed E-state index contributed by atoms with van der Waals surface area (Å²) in [5.41, 5.74) is -0.0202. The van der Waals surface area contributed by atoms with Crippen molar-refractivity contribution in [2.45, 2.75) is 58.2 Å². The van der Waals surface area contributed by atoms with E-state index in [-0.39, 0.29) is 0 Å². The van der Waals surface area contributed by atoms with Crippen LogP contribution in [-0.4, -0.2) is 38.9 Å². The maximum Gasteiger partial charge on any atom is 0.110 e. The average Bonchev–Trinajstić information content (AvgIpc) is 2.72. The highest BCUT2D eigenvalue weighted by molar-refractivity contribution is 6.31. The Bertz CT molecular complexity index is 422. The molecule has 0 atom stereocenters. The lowest BCUT2D eigenvalue weighted by Crippen LogP contribution is -2.46. The van der Waals surface area contributed by atoms with Crippen LogP contribution >= 0.6 is 11.6 Å². The minimum absolute atomic E-state index is 0.528. The largest absolute Gasteiger partial charge is 0.383 e. The van der Waals surface area contributed by atoms with E-state index in [0.29, 0.717) is 11.1 Å². The van der Waals surface area contributed by atoms with Gasteiger partial charge in [0.15, 0.2) is 0 Å². The average molecular weight is 286 g/mol. The summed E-state index contributed by atoms with van der Waals surface area (Å²) < 4.78 is 1.87. The van der Waals surface area contributed by atoms with Crippen molar-refractivity contribution in [1.29, 1.82) is 0 Å². The van der Waals surface area contributed by atoms with E-state index in [1.54, 1.807) is 6.20 Å². The molecule has 1 aromatic rings. The smallest absolute Gasteiger partial charge is 0.110 e. The van der Waals surface area contributed by atoms with Gasteiger partial charge >= 0.3 is 0 Å². The standard InChI is InChI=1S/C14H24ClN3O/c1-4-7-18-13(12(15)10-16-18)14(19)5-8-17(9-6-14)11(2)3/h10-11,19H,4-9H2,1-3H3. The van der Waals surface area contributed by atoms with E-state index >= 15 is 0 Å². The number of hydrogen-bond donors (Lipinski definition) is 1. The van der Waals surface area contributed by atoms with E-state index < -0.39 is 5.60 Å². The van der Waals surface area contributed by atoms with Crippen molar-refractivity contribution < 1.29 is 5.11 Å². The summed E-state index contributed by atoms with van der Waals surface area (Å²) in [5, 5.41) is 15.8. The van der Waals surface area contributed by atoms with Crippen LogP contribution in [0.1, 0.15) is 45.7 Å². The molecule has 4 nitrogen and oxygen atoms in total. The van der Waals surface area contributed by atoms with E-state index in [2.05, 4.69) is 30.8 Å². The van der Waals surface area contributed by atoms with Crippen molar-refractivity contribution in [3.05, 3.63) is 16.9 Å². The summed E-state index contributed by atoms with van der Waals surface area (Å²) in [6.45, 7) is 9.10. The lowest BCUT2D eigenvalue weighted by molar-refractivity contribution is -0.0387. The van der Waals surface area contributed by atoms with Crippen LogP contribution in [0.5, 0.6) is 0 Å². The quantitative estimate of drug-likeness (QED) is 0.925. The van der Waals surface area contributed by atoms with Crippen LogP contribution in [-0.2, 0) is 12.1 Å². The van der Waals surface area contributed by atoms with Gasteiger partial charge in [0.05, 0.1) is 16.9 Å². The Balaban J connectivity index is 2.19. The molecule has 0 radical (unpaired) electrons. The molecule has 1 aliphatic rings. The highest BCUT2D eigenvalue weighted by Crippen LogP contribution is 2.37. The van der Waals surface area contributed by atoms with Crippen molar-refractivity contribution >= 4 is 11.6 Å². The topological polar surface area (TPSA) is 41.3 Å². The van der Waals surface area contributed by atoms with Gasteiger partial charge in [-0.1, -0.05) is 18.5 Å². The highest BCUT2D eigenvalue weighted by Gasteiger charge is 2.38. The normalized spacial score (nSPS) is 20.1. The molecule has 0 bridgehead atoms. The number of hydrogen-bond acceptors (Lipinski definition) is 3. The Labute approximate surface area is 120 Å². The summed E-state index contributed by atoms with van der Waals surface area (Å²) in [6.07, 6.45) is 4.08. The van der Waals surface area contributed by atoms with Gasteiger partial charge < -0.3 is 10.0 Å². The monoisotopic (exact) mass is 285 g/mol. The molecule has 2 rings (SSSR count). The van der Waals surface area contributed by atoms with Crippen molar-refractivity contribution in [2.24, 2.45) is 0 Å². The number of likely N-dealkylation sites (tertiary alicyclic amines) is 1. The first-order valence-corrected chi connectivity index (χ1v) is 7.54. The Morgan fingerprint density at radius 2 is 2.05 bits per heavy atom. The molecule has 2 heterocycles.